The monoisotopic (exact) mass is 305 g/mol. The third-order valence-corrected chi connectivity index (χ3v) is 2.94. The lowest BCUT2D eigenvalue weighted by molar-refractivity contribution is -0.124. The van der Waals surface area contributed by atoms with E-state index in [9.17, 15) is 13.6 Å². The van der Waals surface area contributed by atoms with Crippen LogP contribution in [0.3, 0.4) is 0 Å². The minimum absolute atomic E-state index is 0.280. The Morgan fingerprint density at radius 1 is 1.41 bits per heavy atom. The van der Waals surface area contributed by atoms with Crippen LogP contribution >= 0.6 is 15.9 Å². The molecule has 92 valence electrons. The fourth-order valence-electron chi connectivity index (χ4n) is 1.65. The van der Waals surface area contributed by atoms with Crippen molar-refractivity contribution in [3.63, 3.8) is 0 Å². The number of ether oxygens (including phenoxy) is 1. The number of anilines is 1. The van der Waals surface area contributed by atoms with Crippen molar-refractivity contribution in [2.75, 3.05) is 11.9 Å². The van der Waals surface area contributed by atoms with Crippen LogP contribution in [0.25, 0.3) is 0 Å². The molecule has 1 atom stereocenters. The number of carbonyl (C=O) groups is 1. The molecule has 6 heteroatoms. The van der Waals surface area contributed by atoms with Gasteiger partial charge in [0.1, 0.15) is 11.8 Å². The summed E-state index contributed by atoms with van der Waals surface area (Å²) in [6.45, 7) is 0.503. The zero-order chi connectivity index (χ0) is 12.4. The molecular weight excluding hydrogens is 296 g/mol. The van der Waals surface area contributed by atoms with E-state index < -0.39 is 29.3 Å². The Bertz CT molecular complexity index is 424. The van der Waals surface area contributed by atoms with E-state index in [1.807, 2.05) is 0 Å². The molecule has 1 aliphatic rings. The molecule has 2 rings (SSSR count). The summed E-state index contributed by atoms with van der Waals surface area (Å²) in [5.41, 5.74) is -0.436. The van der Waals surface area contributed by atoms with Gasteiger partial charge in [-0.15, -0.1) is 0 Å². The predicted molar refractivity (Wildman–Crippen MR) is 61.7 cm³/mol. The molecule has 3 nitrogen and oxygen atoms in total. The zero-order valence-electron chi connectivity index (χ0n) is 8.80. The molecule has 0 spiro atoms. The molecule has 0 aliphatic carbocycles. The topological polar surface area (TPSA) is 38.3 Å². The van der Waals surface area contributed by atoms with Gasteiger partial charge in [0.25, 0.3) is 5.91 Å². The highest BCUT2D eigenvalue weighted by molar-refractivity contribution is 9.10. The first kappa shape index (κ1) is 12.4. The van der Waals surface area contributed by atoms with Crippen LogP contribution < -0.4 is 5.32 Å². The van der Waals surface area contributed by atoms with Crippen LogP contribution in [-0.2, 0) is 9.53 Å². The van der Waals surface area contributed by atoms with Crippen LogP contribution in [0.5, 0.6) is 0 Å². The standard InChI is InChI=1S/C11H10BrF2NO2/c12-6-4-7(13)10(8(14)5-6)15-11(16)9-2-1-3-17-9/h4-5,9H,1-3H2,(H,15,16)/t9-/m1/s1. The van der Waals surface area contributed by atoms with Crippen LogP contribution in [0.2, 0.25) is 0 Å². The molecule has 1 aromatic carbocycles. The Morgan fingerprint density at radius 2 is 2.06 bits per heavy atom. The van der Waals surface area contributed by atoms with Crippen LogP contribution in [-0.4, -0.2) is 18.6 Å². The van der Waals surface area contributed by atoms with Crippen molar-refractivity contribution >= 4 is 27.5 Å². The maximum Gasteiger partial charge on any atom is 0.253 e. The van der Waals surface area contributed by atoms with Crippen LogP contribution in [0, 0.1) is 11.6 Å². The number of rotatable bonds is 2. The van der Waals surface area contributed by atoms with E-state index in [-0.39, 0.29) is 4.47 Å². The molecule has 1 fully saturated rings. The molecule has 1 saturated heterocycles. The van der Waals surface area contributed by atoms with Crippen molar-refractivity contribution in [3.05, 3.63) is 28.2 Å². The van der Waals surface area contributed by atoms with E-state index in [1.54, 1.807) is 0 Å². The Hall–Kier alpha value is -1.01. The molecule has 1 heterocycles. The average Bonchev–Trinajstić information content (AvgIpc) is 2.76. The molecule has 0 aromatic heterocycles. The third-order valence-electron chi connectivity index (χ3n) is 2.48. The Morgan fingerprint density at radius 3 is 2.59 bits per heavy atom. The molecular formula is C11H10BrF2NO2. The van der Waals surface area contributed by atoms with Gasteiger partial charge in [0.05, 0.1) is 0 Å². The molecule has 0 unspecified atom stereocenters. The summed E-state index contributed by atoms with van der Waals surface area (Å²) in [7, 11) is 0. The highest BCUT2D eigenvalue weighted by atomic mass is 79.9. The normalized spacial score (nSPS) is 19.4. The molecule has 0 bridgehead atoms. The van der Waals surface area contributed by atoms with Crippen LogP contribution in [0.1, 0.15) is 12.8 Å². The molecule has 1 amide bonds. The number of carbonyl (C=O) groups excluding carboxylic acids is 1. The summed E-state index contributed by atoms with van der Waals surface area (Å²) in [6, 6.07) is 2.18. The summed E-state index contributed by atoms with van der Waals surface area (Å²) < 4.78 is 32.3. The maximum atomic E-state index is 13.4. The minimum Gasteiger partial charge on any atom is -0.368 e. The van der Waals surface area contributed by atoms with Crippen molar-refractivity contribution in [1.82, 2.24) is 0 Å². The van der Waals surface area contributed by atoms with Crippen molar-refractivity contribution in [2.45, 2.75) is 18.9 Å². The van der Waals surface area contributed by atoms with E-state index in [0.29, 0.717) is 13.0 Å². The first-order chi connectivity index (χ1) is 8.08. The lowest BCUT2D eigenvalue weighted by Gasteiger charge is -2.11. The quantitative estimate of drug-likeness (QED) is 0.912. The van der Waals surface area contributed by atoms with Crippen LogP contribution in [0.4, 0.5) is 14.5 Å². The van der Waals surface area contributed by atoms with Crippen molar-refractivity contribution in [2.24, 2.45) is 0 Å². The first-order valence-electron chi connectivity index (χ1n) is 5.15. The fourth-order valence-corrected chi connectivity index (χ4v) is 2.05. The third kappa shape index (κ3) is 2.81. The zero-order valence-corrected chi connectivity index (χ0v) is 10.4. The number of nitrogens with one attached hydrogen (secondary N) is 1. The highest BCUT2D eigenvalue weighted by Crippen LogP contribution is 2.24. The number of halogens is 3. The second-order valence-corrected chi connectivity index (χ2v) is 4.65. The summed E-state index contributed by atoms with van der Waals surface area (Å²) in [5, 5.41) is 2.21. The Labute approximate surface area is 105 Å². The molecule has 1 aliphatic heterocycles. The average molecular weight is 306 g/mol. The highest BCUT2D eigenvalue weighted by Gasteiger charge is 2.25. The molecule has 1 aromatic rings. The number of hydrogen-bond donors (Lipinski definition) is 1. The number of hydrogen-bond acceptors (Lipinski definition) is 2. The lowest BCUT2D eigenvalue weighted by atomic mass is 10.2. The van der Waals surface area contributed by atoms with Crippen molar-refractivity contribution in [3.8, 4) is 0 Å². The number of benzene rings is 1. The smallest absolute Gasteiger partial charge is 0.253 e. The van der Waals surface area contributed by atoms with Gasteiger partial charge in [-0.1, -0.05) is 15.9 Å². The summed E-state index contributed by atoms with van der Waals surface area (Å²) >= 11 is 2.96. The van der Waals surface area contributed by atoms with Gasteiger partial charge in [-0.2, -0.15) is 0 Å². The minimum atomic E-state index is -0.816. The van der Waals surface area contributed by atoms with Gasteiger partial charge < -0.3 is 10.1 Å². The van der Waals surface area contributed by atoms with Gasteiger partial charge in [-0.05, 0) is 25.0 Å². The fraction of sp³-hybridized carbons (Fsp3) is 0.364. The maximum absolute atomic E-state index is 13.4. The van der Waals surface area contributed by atoms with E-state index in [0.717, 1.165) is 18.6 Å². The number of amides is 1. The second kappa shape index (κ2) is 5.10. The van der Waals surface area contributed by atoms with Crippen molar-refractivity contribution < 1.29 is 18.3 Å². The summed E-state index contributed by atoms with van der Waals surface area (Å²) in [5.74, 6) is -2.14. The van der Waals surface area contributed by atoms with E-state index >= 15 is 0 Å². The van der Waals surface area contributed by atoms with Gasteiger partial charge >= 0.3 is 0 Å². The second-order valence-electron chi connectivity index (χ2n) is 3.74. The Kier molecular flexibility index (Phi) is 3.73. The van der Waals surface area contributed by atoms with Crippen LogP contribution in [0.15, 0.2) is 16.6 Å². The predicted octanol–water partition coefficient (Wildman–Crippen LogP) is 2.84. The summed E-state index contributed by atoms with van der Waals surface area (Å²) in [4.78, 5) is 11.6. The molecule has 1 N–H and O–H groups in total. The van der Waals surface area contributed by atoms with E-state index in [4.69, 9.17) is 4.74 Å². The lowest BCUT2D eigenvalue weighted by Crippen LogP contribution is -2.27. The largest absolute Gasteiger partial charge is 0.368 e. The van der Waals surface area contributed by atoms with E-state index in [2.05, 4.69) is 21.2 Å². The molecule has 17 heavy (non-hydrogen) atoms. The Balaban J connectivity index is 2.15. The molecule has 0 radical (unpaired) electrons. The van der Waals surface area contributed by atoms with Gasteiger partial charge in [-0.3, -0.25) is 4.79 Å². The van der Waals surface area contributed by atoms with E-state index in [1.165, 1.54) is 0 Å². The van der Waals surface area contributed by atoms with Gasteiger partial charge in [0.15, 0.2) is 11.6 Å². The first-order valence-corrected chi connectivity index (χ1v) is 5.94. The SMILES string of the molecule is O=C(Nc1c(F)cc(Br)cc1F)[C@H]1CCCO1. The van der Waals surface area contributed by atoms with Gasteiger partial charge in [0.2, 0.25) is 0 Å². The van der Waals surface area contributed by atoms with Gasteiger partial charge in [-0.25, -0.2) is 8.78 Å². The van der Waals surface area contributed by atoms with Gasteiger partial charge in [0, 0.05) is 11.1 Å². The van der Waals surface area contributed by atoms with Crippen molar-refractivity contribution in [1.29, 1.82) is 0 Å². The molecule has 0 saturated carbocycles. The summed E-state index contributed by atoms with van der Waals surface area (Å²) in [6.07, 6.45) is 0.743.